The zero-order valence-electron chi connectivity index (χ0n) is 33.9. The molecule has 1 saturated heterocycles. The summed E-state index contributed by atoms with van der Waals surface area (Å²) in [6.45, 7) is 12.9. The van der Waals surface area contributed by atoms with Gasteiger partial charge in [-0.1, -0.05) is 72.6 Å². The van der Waals surface area contributed by atoms with Crippen LogP contribution in [0.15, 0.2) is 29.6 Å². The highest BCUT2D eigenvalue weighted by Gasteiger charge is 2.38. The molecule has 0 bridgehead atoms. The molecule has 0 radical (unpaired) electrons. The van der Waals surface area contributed by atoms with Gasteiger partial charge in [-0.15, -0.1) is 11.3 Å². The first-order valence-corrected chi connectivity index (χ1v) is 20.6. The number of para-hydroxylation sites is 1. The number of carboxylic acid groups (broad SMARTS) is 1. The SMILES string of the molecule is CCCN(C(=O)[C@@H](NC(=O)[C@H]1CCCCN1C)[C@@H](C)CC)[C@H](C[C@@H](OC(O)NC)c1nc(C(=O)N[C@@H](Cc2ccccc2N)C[C@H](C)C(=O)O)cs1)C(C)C. The Morgan fingerprint density at radius 3 is 2.40 bits per heavy atom. The van der Waals surface area contributed by atoms with E-state index >= 15 is 0 Å². The van der Waals surface area contributed by atoms with Crippen LogP contribution in [0.3, 0.4) is 0 Å². The number of aliphatic hydroxyl groups is 1. The molecule has 1 aromatic carbocycles. The second kappa shape index (κ2) is 22.2. The second-order valence-corrected chi connectivity index (χ2v) is 16.2. The van der Waals surface area contributed by atoms with Gasteiger partial charge in [0.25, 0.3) is 5.91 Å². The Morgan fingerprint density at radius 2 is 1.80 bits per heavy atom. The number of likely N-dealkylation sites (tertiary alicyclic amines) is 1. The number of nitrogens with two attached hydrogens (primary N) is 1. The van der Waals surface area contributed by atoms with Gasteiger partial charge in [-0.25, -0.2) is 4.98 Å². The molecule has 7 N–H and O–H groups in total. The van der Waals surface area contributed by atoms with Gasteiger partial charge in [-0.05, 0) is 76.2 Å². The lowest BCUT2D eigenvalue weighted by atomic mass is 9.92. The Balaban J connectivity index is 1.91. The monoisotopic (exact) mass is 787 g/mol. The molecule has 3 rings (SSSR count). The largest absolute Gasteiger partial charge is 0.481 e. The molecule has 0 aliphatic carbocycles. The molecule has 14 nitrogen and oxygen atoms in total. The fourth-order valence-electron chi connectivity index (χ4n) is 7.12. The average molecular weight is 788 g/mol. The standard InChI is InChI=1S/C40H65N7O7S/c1-9-18-47(38(50)34(25(5)10-2)45-36(49)31-17-13-14-19-46(31)8)32(24(3)4)22-33(54-40(53)42-7)37-44-30(23-55-37)35(48)43-28(20-26(6)39(51)52)21-27-15-11-12-16-29(27)41/h11-12,15-16,23-26,28,31-34,40,42,53H,9-10,13-14,17-22,41H2,1-8H3,(H,43,48)(H,45,49)(H,51,52)/t25-,26-,28+,31+,32+,33+,34-,40?/m0/s1. The van der Waals surface area contributed by atoms with Crippen LogP contribution in [-0.4, -0.2) is 106 Å². The number of ether oxygens (including phenoxy) is 1. The highest BCUT2D eigenvalue weighted by Crippen LogP contribution is 2.32. The molecule has 0 saturated carbocycles. The van der Waals surface area contributed by atoms with Gasteiger partial charge in [-0.3, -0.25) is 29.4 Å². The smallest absolute Gasteiger partial charge is 0.306 e. The number of aliphatic carboxylic acids is 1. The van der Waals surface area contributed by atoms with E-state index in [0.717, 1.165) is 31.4 Å². The summed E-state index contributed by atoms with van der Waals surface area (Å²) in [5.41, 5.74) is 7.64. The van der Waals surface area contributed by atoms with E-state index in [2.05, 4.69) is 25.8 Å². The highest BCUT2D eigenvalue weighted by atomic mass is 32.1. The summed E-state index contributed by atoms with van der Waals surface area (Å²) in [5, 5.41) is 31.1. The first kappa shape index (κ1) is 45.8. The molecule has 308 valence electrons. The molecule has 1 fully saturated rings. The van der Waals surface area contributed by atoms with Gasteiger partial charge in [-0.2, -0.15) is 0 Å². The van der Waals surface area contributed by atoms with Crippen molar-refractivity contribution in [2.24, 2.45) is 17.8 Å². The normalized spacial score (nSPS) is 18.8. The third-order valence-electron chi connectivity index (χ3n) is 10.7. The van der Waals surface area contributed by atoms with Crippen molar-refractivity contribution in [3.63, 3.8) is 0 Å². The number of thiazole rings is 1. The summed E-state index contributed by atoms with van der Waals surface area (Å²) in [4.78, 5) is 62.2. The van der Waals surface area contributed by atoms with E-state index in [1.165, 1.54) is 11.3 Å². The quantitative estimate of drug-likeness (QED) is 0.0731. The zero-order chi connectivity index (χ0) is 40.8. The minimum absolute atomic E-state index is 0.0452. The first-order chi connectivity index (χ1) is 26.1. The number of aromatic nitrogens is 1. The number of piperidine rings is 1. The molecule has 2 heterocycles. The van der Waals surface area contributed by atoms with Crippen LogP contribution in [0.25, 0.3) is 0 Å². The molecule has 55 heavy (non-hydrogen) atoms. The van der Waals surface area contributed by atoms with Gasteiger partial charge < -0.3 is 36.2 Å². The third-order valence-corrected chi connectivity index (χ3v) is 11.6. The Kier molecular flexibility index (Phi) is 18.5. The van der Waals surface area contributed by atoms with E-state index in [1.54, 1.807) is 25.4 Å². The van der Waals surface area contributed by atoms with Crippen molar-refractivity contribution in [2.45, 2.75) is 130 Å². The van der Waals surface area contributed by atoms with Crippen molar-refractivity contribution in [3.05, 3.63) is 45.9 Å². The number of carbonyl (C=O) groups excluding carboxylic acids is 3. The Hall–Kier alpha value is -3.63. The number of nitrogens with zero attached hydrogens (tertiary/aromatic N) is 3. The Morgan fingerprint density at radius 1 is 1.09 bits per heavy atom. The van der Waals surface area contributed by atoms with Crippen molar-refractivity contribution in [2.75, 3.05) is 32.9 Å². The number of hydrogen-bond acceptors (Lipinski definition) is 11. The highest BCUT2D eigenvalue weighted by molar-refractivity contribution is 7.09. The maximum atomic E-state index is 14.6. The van der Waals surface area contributed by atoms with Crippen LogP contribution in [0.2, 0.25) is 0 Å². The molecule has 8 atom stereocenters. The van der Waals surface area contributed by atoms with E-state index in [4.69, 9.17) is 10.5 Å². The topological polar surface area (TPSA) is 199 Å². The number of amides is 3. The van der Waals surface area contributed by atoms with Crippen molar-refractivity contribution in [1.82, 2.24) is 30.7 Å². The number of nitrogen functional groups attached to an aromatic ring is 1. The zero-order valence-corrected chi connectivity index (χ0v) is 34.7. The number of carboxylic acids is 1. The van der Waals surface area contributed by atoms with Gasteiger partial charge in [0, 0.05) is 36.1 Å². The van der Waals surface area contributed by atoms with E-state index in [1.807, 2.05) is 64.8 Å². The summed E-state index contributed by atoms with van der Waals surface area (Å²) >= 11 is 1.20. The summed E-state index contributed by atoms with van der Waals surface area (Å²) in [6.07, 6.45) is 2.75. The van der Waals surface area contributed by atoms with E-state index < -0.39 is 42.4 Å². The van der Waals surface area contributed by atoms with E-state index in [9.17, 15) is 29.4 Å². The lowest BCUT2D eigenvalue weighted by molar-refractivity contribution is -0.162. The molecule has 3 amide bonds. The lowest BCUT2D eigenvalue weighted by Gasteiger charge is -2.40. The van der Waals surface area contributed by atoms with Crippen LogP contribution >= 0.6 is 11.3 Å². The van der Waals surface area contributed by atoms with Crippen LogP contribution in [0.4, 0.5) is 5.69 Å². The maximum Gasteiger partial charge on any atom is 0.306 e. The van der Waals surface area contributed by atoms with Crippen LogP contribution in [-0.2, 0) is 25.5 Å². The summed E-state index contributed by atoms with van der Waals surface area (Å²) < 4.78 is 6.07. The van der Waals surface area contributed by atoms with Gasteiger partial charge in [0.2, 0.25) is 18.2 Å². The molecular weight excluding hydrogens is 723 g/mol. The van der Waals surface area contributed by atoms with Crippen LogP contribution in [0.5, 0.6) is 0 Å². The average Bonchev–Trinajstić information content (AvgIpc) is 3.65. The fourth-order valence-corrected chi connectivity index (χ4v) is 7.97. The molecular formula is C40H65N7O7S. The fraction of sp³-hybridized carbons (Fsp3) is 0.675. The minimum atomic E-state index is -1.35. The summed E-state index contributed by atoms with van der Waals surface area (Å²) in [5.74, 6) is -2.61. The van der Waals surface area contributed by atoms with Crippen LogP contribution < -0.4 is 21.7 Å². The molecule has 1 unspecified atom stereocenters. The van der Waals surface area contributed by atoms with Crippen LogP contribution in [0.1, 0.15) is 114 Å². The predicted octanol–water partition coefficient (Wildman–Crippen LogP) is 4.40. The lowest BCUT2D eigenvalue weighted by Crippen LogP contribution is -2.59. The number of aliphatic hydroxyl groups excluding tert-OH is 1. The van der Waals surface area contributed by atoms with Gasteiger partial charge in [0.05, 0.1) is 12.0 Å². The van der Waals surface area contributed by atoms with Gasteiger partial charge in [0.15, 0.2) is 0 Å². The van der Waals surface area contributed by atoms with Gasteiger partial charge >= 0.3 is 5.97 Å². The Bertz CT molecular complexity index is 1540. The number of rotatable bonds is 22. The predicted molar refractivity (Wildman–Crippen MR) is 215 cm³/mol. The first-order valence-electron chi connectivity index (χ1n) is 19.8. The molecule has 2 aromatic rings. The molecule has 1 aromatic heterocycles. The van der Waals surface area contributed by atoms with Crippen molar-refractivity contribution in [3.8, 4) is 0 Å². The number of nitrogens with one attached hydrogen (secondary N) is 3. The minimum Gasteiger partial charge on any atom is -0.481 e. The molecule has 15 heteroatoms. The molecule has 1 aliphatic heterocycles. The maximum absolute atomic E-state index is 14.6. The number of hydrogen-bond donors (Lipinski definition) is 6. The van der Waals surface area contributed by atoms with Crippen molar-refractivity contribution >= 4 is 40.7 Å². The van der Waals surface area contributed by atoms with Gasteiger partial charge in [0.1, 0.15) is 22.8 Å². The van der Waals surface area contributed by atoms with Crippen molar-refractivity contribution < 1.29 is 34.1 Å². The summed E-state index contributed by atoms with van der Waals surface area (Å²) in [6, 6.07) is 5.35. The molecule has 1 aliphatic rings. The number of anilines is 1. The Labute approximate surface area is 331 Å². The second-order valence-electron chi connectivity index (χ2n) is 15.3. The van der Waals surface area contributed by atoms with Crippen LogP contribution in [0, 0.1) is 17.8 Å². The number of carbonyl (C=O) groups is 4. The summed E-state index contributed by atoms with van der Waals surface area (Å²) in [7, 11) is 3.50. The number of likely N-dealkylation sites (N-methyl/N-ethyl adjacent to an activating group) is 1. The third kappa shape index (κ3) is 13.2. The molecule has 0 spiro atoms. The van der Waals surface area contributed by atoms with E-state index in [-0.39, 0.29) is 54.3 Å². The number of benzene rings is 1. The van der Waals surface area contributed by atoms with E-state index in [0.29, 0.717) is 36.5 Å². The van der Waals surface area contributed by atoms with Crippen molar-refractivity contribution in [1.29, 1.82) is 0 Å².